The number of amides is 1. The van der Waals surface area contributed by atoms with Crippen molar-refractivity contribution in [2.24, 2.45) is 10.9 Å². The van der Waals surface area contributed by atoms with Crippen molar-refractivity contribution in [3.8, 4) is 5.75 Å². The molecule has 1 heterocycles. The largest absolute Gasteiger partial charge is 0.483 e. The van der Waals surface area contributed by atoms with Crippen molar-refractivity contribution < 1.29 is 9.53 Å². The Morgan fingerprint density at radius 1 is 1.04 bits per heavy atom. The molecule has 4 rings (SSSR count). The van der Waals surface area contributed by atoms with Gasteiger partial charge in [0.2, 0.25) is 0 Å². The molecule has 1 aliphatic heterocycles. The molecule has 136 valence electrons. The number of rotatable bonds is 4. The normalized spacial score (nSPS) is 13.7. The summed E-state index contributed by atoms with van der Waals surface area (Å²) in [7, 11) is 0. The second-order valence-electron chi connectivity index (χ2n) is 6.60. The highest BCUT2D eigenvalue weighted by Gasteiger charge is 2.20. The quantitative estimate of drug-likeness (QED) is 0.442. The first-order valence-corrected chi connectivity index (χ1v) is 8.98. The minimum Gasteiger partial charge on any atom is -0.483 e. The molecule has 0 saturated heterocycles. The van der Waals surface area contributed by atoms with Crippen molar-refractivity contribution in [2.45, 2.75) is 13.0 Å². The van der Waals surface area contributed by atoms with Crippen molar-refractivity contribution in [1.82, 2.24) is 4.90 Å². The lowest BCUT2D eigenvalue weighted by molar-refractivity contribution is -0.134. The second-order valence-corrected chi connectivity index (χ2v) is 6.60. The van der Waals surface area contributed by atoms with E-state index in [2.05, 4.69) is 17.2 Å². The van der Waals surface area contributed by atoms with E-state index in [0.717, 1.165) is 29.3 Å². The molecule has 5 heteroatoms. The predicted molar refractivity (Wildman–Crippen MR) is 107 cm³/mol. The number of fused-ring (bicyclic) bond motifs is 2. The third-order valence-electron chi connectivity index (χ3n) is 4.97. The Hall–Kier alpha value is -3.34. The molecule has 0 radical (unpaired) electrons. The molecule has 0 atom stereocenters. The number of nitrogens with two attached hydrogens (primary N) is 1. The number of hydrogen-bond acceptors (Lipinski definition) is 4. The molecule has 5 nitrogen and oxygen atoms in total. The maximum Gasteiger partial charge on any atom is 0.260 e. The lowest BCUT2D eigenvalue weighted by atomic mass is 10.00. The van der Waals surface area contributed by atoms with Crippen LogP contribution in [0.5, 0.6) is 5.75 Å². The van der Waals surface area contributed by atoms with Crippen molar-refractivity contribution in [3.63, 3.8) is 0 Å². The Labute approximate surface area is 158 Å². The molecule has 0 saturated carbocycles. The zero-order chi connectivity index (χ0) is 18.6. The van der Waals surface area contributed by atoms with E-state index in [-0.39, 0.29) is 12.5 Å². The van der Waals surface area contributed by atoms with Crippen LogP contribution in [-0.4, -0.2) is 30.2 Å². The van der Waals surface area contributed by atoms with Gasteiger partial charge in [0, 0.05) is 24.0 Å². The molecule has 0 aliphatic carbocycles. The van der Waals surface area contributed by atoms with Gasteiger partial charge >= 0.3 is 0 Å². The van der Waals surface area contributed by atoms with Crippen LogP contribution in [0, 0.1) is 0 Å². The zero-order valence-electron chi connectivity index (χ0n) is 15.0. The number of ether oxygens (including phenoxy) is 1. The Balaban J connectivity index is 1.49. The molecule has 3 aromatic rings. The SMILES string of the molecule is NN=Cc1ccc(OCC(=O)N2CCc3ccccc3C2)c2ccccc12. The Kier molecular flexibility index (Phi) is 4.75. The highest BCUT2D eigenvalue weighted by molar-refractivity contribution is 6.02. The van der Waals surface area contributed by atoms with Gasteiger partial charge < -0.3 is 15.5 Å². The summed E-state index contributed by atoms with van der Waals surface area (Å²) in [6.45, 7) is 1.40. The highest BCUT2D eigenvalue weighted by atomic mass is 16.5. The van der Waals surface area contributed by atoms with Crippen molar-refractivity contribution in [3.05, 3.63) is 77.4 Å². The van der Waals surface area contributed by atoms with E-state index < -0.39 is 0 Å². The van der Waals surface area contributed by atoms with Crippen LogP contribution in [0.3, 0.4) is 0 Å². The van der Waals surface area contributed by atoms with Gasteiger partial charge in [-0.3, -0.25) is 4.79 Å². The first-order valence-electron chi connectivity index (χ1n) is 8.98. The zero-order valence-corrected chi connectivity index (χ0v) is 15.0. The van der Waals surface area contributed by atoms with Crippen LogP contribution in [0.25, 0.3) is 10.8 Å². The average molecular weight is 359 g/mol. The minimum absolute atomic E-state index is 0.00109. The summed E-state index contributed by atoms with van der Waals surface area (Å²) >= 11 is 0. The third-order valence-corrected chi connectivity index (χ3v) is 4.97. The van der Waals surface area contributed by atoms with Crippen LogP contribution >= 0.6 is 0 Å². The maximum atomic E-state index is 12.6. The van der Waals surface area contributed by atoms with Crippen LogP contribution in [0.1, 0.15) is 16.7 Å². The number of carbonyl (C=O) groups excluding carboxylic acids is 1. The number of hydrazone groups is 1. The summed E-state index contributed by atoms with van der Waals surface area (Å²) in [5.41, 5.74) is 3.46. The molecule has 0 bridgehead atoms. The summed E-state index contributed by atoms with van der Waals surface area (Å²) in [4.78, 5) is 14.5. The molecular formula is C22H21N3O2. The van der Waals surface area contributed by atoms with Crippen LogP contribution in [0.2, 0.25) is 0 Å². The van der Waals surface area contributed by atoms with Crippen molar-refractivity contribution in [1.29, 1.82) is 0 Å². The van der Waals surface area contributed by atoms with E-state index in [1.54, 1.807) is 6.21 Å². The van der Waals surface area contributed by atoms with Gasteiger partial charge in [0.1, 0.15) is 5.75 Å². The predicted octanol–water partition coefficient (Wildman–Crippen LogP) is 3.10. The van der Waals surface area contributed by atoms with Crippen molar-refractivity contribution >= 4 is 22.9 Å². The first kappa shape index (κ1) is 17.1. The van der Waals surface area contributed by atoms with E-state index in [0.29, 0.717) is 12.3 Å². The van der Waals surface area contributed by atoms with E-state index >= 15 is 0 Å². The van der Waals surface area contributed by atoms with E-state index in [1.807, 2.05) is 53.4 Å². The summed E-state index contributed by atoms with van der Waals surface area (Å²) < 4.78 is 5.89. The smallest absolute Gasteiger partial charge is 0.260 e. The van der Waals surface area contributed by atoms with Gasteiger partial charge in [0.05, 0.1) is 6.21 Å². The summed E-state index contributed by atoms with van der Waals surface area (Å²) in [5.74, 6) is 5.98. The highest BCUT2D eigenvalue weighted by Crippen LogP contribution is 2.28. The van der Waals surface area contributed by atoms with Crippen molar-refractivity contribution in [2.75, 3.05) is 13.2 Å². The van der Waals surface area contributed by atoms with Gasteiger partial charge in [0.15, 0.2) is 6.61 Å². The molecule has 3 aromatic carbocycles. The molecule has 0 unspecified atom stereocenters. The number of benzene rings is 3. The molecule has 2 N–H and O–H groups in total. The third kappa shape index (κ3) is 3.49. The fourth-order valence-electron chi connectivity index (χ4n) is 3.55. The number of nitrogens with zero attached hydrogens (tertiary/aromatic N) is 2. The fraction of sp³-hybridized carbons (Fsp3) is 0.182. The van der Waals surface area contributed by atoms with Gasteiger partial charge in [-0.1, -0.05) is 48.5 Å². The summed E-state index contributed by atoms with van der Waals surface area (Å²) in [6.07, 6.45) is 2.50. The summed E-state index contributed by atoms with van der Waals surface area (Å²) in [6, 6.07) is 19.9. The molecule has 1 aliphatic rings. The Morgan fingerprint density at radius 2 is 1.78 bits per heavy atom. The van der Waals surface area contributed by atoms with Gasteiger partial charge in [-0.05, 0) is 35.1 Å². The van der Waals surface area contributed by atoms with Crippen LogP contribution in [0.4, 0.5) is 0 Å². The maximum absolute atomic E-state index is 12.6. The van der Waals surface area contributed by atoms with Crippen LogP contribution in [-0.2, 0) is 17.8 Å². The molecule has 27 heavy (non-hydrogen) atoms. The molecule has 0 aromatic heterocycles. The van der Waals surface area contributed by atoms with E-state index in [9.17, 15) is 4.79 Å². The molecular weight excluding hydrogens is 338 g/mol. The van der Waals surface area contributed by atoms with E-state index in [4.69, 9.17) is 10.6 Å². The van der Waals surface area contributed by atoms with Gasteiger partial charge in [-0.25, -0.2) is 0 Å². The second kappa shape index (κ2) is 7.50. The van der Waals surface area contributed by atoms with Gasteiger partial charge in [-0.2, -0.15) is 5.10 Å². The molecule has 0 fully saturated rings. The number of hydrogen-bond donors (Lipinski definition) is 1. The average Bonchev–Trinajstić information content (AvgIpc) is 2.72. The fourth-order valence-corrected chi connectivity index (χ4v) is 3.55. The van der Waals surface area contributed by atoms with Crippen LogP contribution in [0.15, 0.2) is 65.8 Å². The van der Waals surface area contributed by atoms with Gasteiger partial charge in [-0.15, -0.1) is 0 Å². The van der Waals surface area contributed by atoms with Crippen LogP contribution < -0.4 is 10.6 Å². The first-order chi connectivity index (χ1) is 13.3. The Morgan fingerprint density at radius 3 is 2.59 bits per heavy atom. The molecule has 1 amide bonds. The van der Waals surface area contributed by atoms with Gasteiger partial charge in [0.25, 0.3) is 5.91 Å². The molecule has 0 spiro atoms. The summed E-state index contributed by atoms with van der Waals surface area (Å²) in [5, 5.41) is 5.54. The number of carbonyl (C=O) groups is 1. The lowest BCUT2D eigenvalue weighted by Crippen LogP contribution is -2.38. The minimum atomic E-state index is 0.00109. The topological polar surface area (TPSA) is 67.9 Å². The lowest BCUT2D eigenvalue weighted by Gasteiger charge is -2.28. The standard InChI is InChI=1S/C22H21N3O2/c23-24-13-17-9-10-21(20-8-4-3-7-19(17)20)27-15-22(26)25-12-11-16-5-1-2-6-18(16)14-25/h1-10,13H,11-12,14-15,23H2. The monoisotopic (exact) mass is 359 g/mol. The Bertz CT molecular complexity index is 1010. The van der Waals surface area contributed by atoms with E-state index in [1.165, 1.54) is 11.1 Å².